The second-order valence-electron chi connectivity index (χ2n) is 26.2. The van der Waals surface area contributed by atoms with Crippen LogP contribution >= 0.6 is 0 Å². The molecule has 2 bridgehead atoms. The van der Waals surface area contributed by atoms with Crippen LogP contribution < -0.4 is 19.9 Å². The molecule has 5 saturated heterocycles. The molecular weight excluding hydrogens is 1120 g/mol. The van der Waals surface area contributed by atoms with Gasteiger partial charge in [0.1, 0.15) is 46.9 Å². The summed E-state index contributed by atoms with van der Waals surface area (Å²) >= 11 is 0. The third kappa shape index (κ3) is 12.6. The Morgan fingerprint density at radius 2 is 1.61 bits per heavy atom. The lowest BCUT2D eigenvalue weighted by molar-refractivity contribution is -0.141. The van der Waals surface area contributed by atoms with E-state index in [2.05, 4.69) is 42.1 Å². The fraction of sp³-hybridized carbons (Fsp3) is 0.522. The Kier molecular flexibility index (Phi) is 17.4. The van der Waals surface area contributed by atoms with E-state index in [1.165, 1.54) is 0 Å². The number of nitrogens with zero attached hydrogens (tertiary/aromatic N) is 12. The summed E-state index contributed by atoms with van der Waals surface area (Å²) in [6.45, 7) is 22.3. The number of aryl methyl sites for hydroxylation is 2. The topological polar surface area (TPSA) is 204 Å². The molecule has 2 N–H and O–H groups in total. The van der Waals surface area contributed by atoms with Crippen LogP contribution in [0.3, 0.4) is 0 Å². The average molecular weight is 1200 g/mol. The summed E-state index contributed by atoms with van der Waals surface area (Å²) in [4.78, 5) is 69.2. The minimum atomic E-state index is -0.629. The van der Waals surface area contributed by atoms with Gasteiger partial charge in [0.05, 0.1) is 29.2 Å². The van der Waals surface area contributed by atoms with Gasteiger partial charge in [-0.1, -0.05) is 68.4 Å². The van der Waals surface area contributed by atoms with Crippen LogP contribution in [0.5, 0.6) is 11.8 Å². The Morgan fingerprint density at radius 3 is 2.31 bits per heavy atom. The summed E-state index contributed by atoms with van der Waals surface area (Å²) in [7, 11) is 1.91. The molecule has 466 valence electrons. The van der Waals surface area contributed by atoms with Crippen molar-refractivity contribution >= 4 is 51.2 Å². The van der Waals surface area contributed by atoms with Gasteiger partial charge in [-0.2, -0.15) is 15.1 Å². The Balaban J connectivity index is 0.647. The predicted molar refractivity (Wildman–Crippen MR) is 336 cm³/mol. The summed E-state index contributed by atoms with van der Waals surface area (Å²) in [5.74, 6) is 0.803. The zero-order chi connectivity index (χ0) is 61.5. The van der Waals surface area contributed by atoms with Gasteiger partial charge < -0.3 is 39.1 Å². The minimum Gasteiger partial charge on any atom is -0.508 e. The molecule has 0 saturated carbocycles. The van der Waals surface area contributed by atoms with Gasteiger partial charge in [0.15, 0.2) is 17.4 Å². The quantitative estimate of drug-likeness (QED) is 0.0871. The highest BCUT2D eigenvalue weighted by atomic mass is 19.1. The number of hydrogen-bond donors (Lipinski definition) is 2. The highest BCUT2D eigenvalue weighted by Gasteiger charge is 2.46. The third-order valence-corrected chi connectivity index (χ3v) is 18.8. The zero-order valence-corrected chi connectivity index (χ0v) is 52.1. The number of anilines is 2. The molecule has 5 aliphatic rings. The van der Waals surface area contributed by atoms with Crippen LogP contribution in [-0.2, 0) is 27.8 Å². The maximum Gasteiger partial charge on any atom is 0.410 e. The number of phenols is 1. The first kappa shape index (κ1) is 60.4. The Morgan fingerprint density at radius 1 is 0.864 bits per heavy atom. The average Bonchev–Trinajstić information content (AvgIpc) is 1.10. The first-order valence-electron chi connectivity index (χ1n) is 31.7. The Bertz CT molecular complexity index is 3650. The number of phenolic OH excluding ortho intramolecular Hbond substituents is 1. The molecule has 0 aliphatic carbocycles. The van der Waals surface area contributed by atoms with Crippen molar-refractivity contribution in [3.63, 3.8) is 0 Å². The highest BCUT2D eigenvalue weighted by Crippen LogP contribution is 2.41. The van der Waals surface area contributed by atoms with Gasteiger partial charge in [0, 0.05) is 90.0 Å². The van der Waals surface area contributed by atoms with Crippen molar-refractivity contribution in [2.24, 2.45) is 18.9 Å². The molecule has 0 spiro atoms. The van der Waals surface area contributed by atoms with Crippen molar-refractivity contribution in [1.29, 1.82) is 0 Å². The van der Waals surface area contributed by atoms with Gasteiger partial charge in [0.25, 0.3) is 0 Å². The van der Waals surface area contributed by atoms with Crippen LogP contribution in [0.25, 0.3) is 44.2 Å². The number of ether oxygens (including phenoxy) is 2. The number of benzene rings is 3. The zero-order valence-electron chi connectivity index (χ0n) is 52.1. The van der Waals surface area contributed by atoms with E-state index in [1.807, 2.05) is 113 Å². The number of nitrogens with one attached hydrogen (secondary N) is 1. The largest absolute Gasteiger partial charge is 0.508 e. The fourth-order valence-corrected chi connectivity index (χ4v) is 14.1. The van der Waals surface area contributed by atoms with Crippen molar-refractivity contribution in [3.8, 4) is 34.3 Å². The van der Waals surface area contributed by atoms with Crippen molar-refractivity contribution in [2.75, 3.05) is 88.4 Å². The Labute approximate surface area is 514 Å². The number of aromatic nitrogens is 6. The van der Waals surface area contributed by atoms with Crippen LogP contribution in [0.4, 0.5) is 20.8 Å². The molecule has 12 rings (SSSR count). The number of aromatic hydroxyl groups is 1. The lowest BCUT2D eigenvalue weighted by Crippen LogP contribution is -2.57. The number of piperazine rings is 2. The highest BCUT2D eigenvalue weighted by molar-refractivity contribution is 6.02. The molecule has 5 aliphatic heterocycles. The van der Waals surface area contributed by atoms with Gasteiger partial charge in [-0.05, 0) is 143 Å². The number of halogens is 1. The van der Waals surface area contributed by atoms with E-state index in [4.69, 9.17) is 28.9 Å². The van der Waals surface area contributed by atoms with Gasteiger partial charge in [0.2, 0.25) is 11.8 Å². The standard InChI is InChI=1S/C67H84FN13O7/c1-9-44-12-10-13-47-34-50(82)35-51(58(44)47)60-59(68)61-52(37-69-60)62(79-39-48-19-20-49(40-79)81(48)66(85)87-67(5,6)7)73-65(72-61)86-33-32-76-26-22-43(23-27-76)38-77-28-30-78(31-29-77)56-36-55(88-74-56)57(41(2)3)64(84)80-25-11-14-54(80)63(83)71-42(4)45-15-17-46(18-16-45)53-21-24-70-75(53)8/h10,12-13,15-18,21,24,34-37,41-43,48-49,54,57,82H,9,11,14,19-20,22-23,25-33,38-40H2,1-8H3,(H,71,83). The lowest BCUT2D eigenvalue weighted by atomic mass is 9.91. The van der Waals surface area contributed by atoms with E-state index in [9.17, 15) is 19.5 Å². The number of hydrogen-bond acceptors (Lipinski definition) is 16. The Hall–Kier alpha value is -7.91. The van der Waals surface area contributed by atoms with Gasteiger partial charge >= 0.3 is 12.1 Å². The maximum atomic E-state index is 17.4. The third-order valence-electron chi connectivity index (χ3n) is 18.8. The molecule has 5 unspecified atom stereocenters. The molecule has 20 nitrogen and oxygen atoms in total. The van der Waals surface area contributed by atoms with Crippen LogP contribution in [0, 0.1) is 17.7 Å². The van der Waals surface area contributed by atoms with E-state index < -0.39 is 23.4 Å². The van der Waals surface area contributed by atoms with Crippen molar-refractivity contribution < 1.29 is 37.9 Å². The van der Waals surface area contributed by atoms with Crippen LogP contribution in [-0.4, -0.2) is 175 Å². The number of amides is 3. The van der Waals surface area contributed by atoms with E-state index in [0.29, 0.717) is 74.1 Å². The molecular formula is C67H84FN13O7. The summed E-state index contributed by atoms with van der Waals surface area (Å²) in [5.41, 5.74) is 4.07. The molecule has 5 fully saturated rings. The monoisotopic (exact) mass is 1200 g/mol. The fourth-order valence-electron chi connectivity index (χ4n) is 14.1. The molecule has 3 amide bonds. The maximum absolute atomic E-state index is 17.4. The minimum absolute atomic E-state index is 0.0143. The van der Waals surface area contributed by atoms with Crippen LogP contribution in [0.2, 0.25) is 0 Å². The number of fused-ring (bicyclic) bond motifs is 4. The predicted octanol–water partition coefficient (Wildman–Crippen LogP) is 9.75. The second-order valence-corrected chi connectivity index (χ2v) is 26.2. The molecule has 21 heteroatoms. The molecule has 3 aromatic carbocycles. The lowest BCUT2D eigenvalue weighted by Gasteiger charge is -2.42. The summed E-state index contributed by atoms with van der Waals surface area (Å²) in [6, 6.07) is 20.2. The molecule has 4 aromatic heterocycles. The number of carbonyl (C=O) groups excluding carboxylic acids is 3. The molecule has 7 aromatic rings. The molecule has 88 heavy (non-hydrogen) atoms. The van der Waals surface area contributed by atoms with Crippen molar-refractivity contribution in [2.45, 2.75) is 129 Å². The first-order valence-corrected chi connectivity index (χ1v) is 31.7. The molecule has 5 atom stereocenters. The number of piperidine rings is 1. The van der Waals surface area contributed by atoms with Gasteiger partial charge in [-0.15, -0.1) is 0 Å². The van der Waals surface area contributed by atoms with Gasteiger partial charge in [-0.3, -0.25) is 34.0 Å². The number of pyridine rings is 1. The van der Waals surface area contributed by atoms with Crippen LogP contribution in [0.1, 0.15) is 116 Å². The first-order chi connectivity index (χ1) is 42.4. The molecule has 0 radical (unpaired) electrons. The number of likely N-dealkylation sites (tertiary alicyclic amines) is 2. The second kappa shape index (κ2) is 25.3. The van der Waals surface area contributed by atoms with E-state index in [1.54, 1.807) is 29.4 Å². The van der Waals surface area contributed by atoms with Crippen molar-refractivity contribution in [1.82, 2.24) is 54.8 Å². The van der Waals surface area contributed by atoms with Gasteiger partial charge in [-0.25, -0.2) is 9.18 Å². The summed E-state index contributed by atoms with van der Waals surface area (Å²) < 4.78 is 37.5. The summed E-state index contributed by atoms with van der Waals surface area (Å²) in [6.07, 6.45) is 8.88. The van der Waals surface area contributed by atoms with Crippen molar-refractivity contribution in [3.05, 3.63) is 102 Å². The van der Waals surface area contributed by atoms with Crippen LogP contribution in [0.15, 0.2) is 83.6 Å². The molecule has 9 heterocycles. The van der Waals surface area contributed by atoms with E-state index >= 15 is 4.39 Å². The van der Waals surface area contributed by atoms with E-state index in [-0.39, 0.29) is 64.9 Å². The number of carbonyl (C=O) groups is 3. The van der Waals surface area contributed by atoms with E-state index in [0.717, 1.165) is 117 Å². The normalized spacial score (nSPS) is 20.4. The smallest absolute Gasteiger partial charge is 0.410 e. The summed E-state index contributed by atoms with van der Waals surface area (Å²) in [5, 5.41) is 24.9. The number of rotatable bonds is 17. The SMILES string of the molecule is CCc1cccc2cc(O)cc(-c3ncc4c(N5CC6CCC(C5)N6C(=O)OC(C)(C)C)nc(OCCN5CCC(CN6CCN(c7cc(C(C(=O)N8CCCC8C(=O)NC(C)c8ccc(-c9ccnn9C)cc8)C(C)C)on7)CC6)CC5)nc4c3F)c12.